The number of hydrogen-bond acceptors (Lipinski definition) is 4. The number of aryl methyl sites for hydroxylation is 1. The molecule has 0 amide bonds. The third-order valence-corrected chi connectivity index (χ3v) is 5.15. The second-order valence-corrected chi connectivity index (χ2v) is 7.49. The van der Waals surface area contributed by atoms with Crippen LogP contribution < -0.4 is 0 Å². The van der Waals surface area contributed by atoms with Gasteiger partial charge in [-0.2, -0.15) is 10.1 Å². The van der Waals surface area contributed by atoms with Gasteiger partial charge < -0.3 is 4.52 Å². The van der Waals surface area contributed by atoms with Gasteiger partial charge in [-0.1, -0.05) is 59.0 Å². The lowest BCUT2D eigenvalue weighted by molar-refractivity contribution is 0.421. The third-order valence-electron chi connectivity index (χ3n) is 4.36. The van der Waals surface area contributed by atoms with E-state index in [1.54, 1.807) is 16.8 Å². The maximum absolute atomic E-state index is 6.47. The summed E-state index contributed by atoms with van der Waals surface area (Å²) >= 11 is 18.6. The van der Waals surface area contributed by atoms with E-state index < -0.39 is 0 Å². The number of rotatable bonds is 4. The molecule has 2 heterocycles. The molecule has 4 rings (SSSR count). The molecule has 8 heteroatoms. The molecule has 4 aromatic rings. The van der Waals surface area contributed by atoms with Crippen LogP contribution in [0.4, 0.5) is 0 Å². The van der Waals surface area contributed by atoms with E-state index in [-0.39, 0.29) is 0 Å². The Bertz CT molecular complexity index is 1150. The molecule has 0 aliphatic rings. The molecule has 2 aromatic heterocycles. The number of benzene rings is 2. The molecule has 0 saturated heterocycles. The fraction of sp³-hybridized carbons (Fsp3) is 0.150. The van der Waals surface area contributed by atoms with Crippen molar-refractivity contribution in [3.8, 4) is 28.5 Å². The van der Waals surface area contributed by atoms with Gasteiger partial charge in [-0.15, -0.1) is 0 Å². The summed E-state index contributed by atoms with van der Waals surface area (Å²) in [5.74, 6) is 0.995. The average molecular weight is 434 g/mol. The Morgan fingerprint density at radius 2 is 1.71 bits per heavy atom. The van der Waals surface area contributed by atoms with Gasteiger partial charge in [0.1, 0.15) is 0 Å². The minimum absolute atomic E-state index is 0.369. The van der Waals surface area contributed by atoms with E-state index >= 15 is 0 Å². The zero-order valence-electron chi connectivity index (χ0n) is 15.1. The third kappa shape index (κ3) is 3.41. The van der Waals surface area contributed by atoms with Crippen molar-refractivity contribution >= 4 is 34.8 Å². The number of nitrogens with zero attached hydrogens (tertiary/aromatic N) is 4. The largest absolute Gasteiger partial charge is 0.332 e. The van der Waals surface area contributed by atoms with E-state index in [1.807, 2.05) is 44.2 Å². The first kappa shape index (κ1) is 19.0. The first-order chi connectivity index (χ1) is 13.5. The predicted octanol–water partition coefficient (Wildman–Crippen LogP) is 6.42. The molecule has 0 unspecified atom stereocenters. The van der Waals surface area contributed by atoms with E-state index in [9.17, 15) is 0 Å². The molecule has 28 heavy (non-hydrogen) atoms. The van der Waals surface area contributed by atoms with Crippen LogP contribution in [0.1, 0.15) is 18.3 Å². The molecule has 0 saturated carbocycles. The van der Waals surface area contributed by atoms with Gasteiger partial charge in [-0.25, -0.2) is 4.68 Å². The summed E-state index contributed by atoms with van der Waals surface area (Å²) in [6.07, 6.45) is 0.677. The summed E-state index contributed by atoms with van der Waals surface area (Å²) in [4.78, 5) is 4.42. The van der Waals surface area contributed by atoms with Crippen LogP contribution in [0.15, 0.2) is 47.0 Å². The Morgan fingerprint density at radius 1 is 1.00 bits per heavy atom. The summed E-state index contributed by atoms with van der Waals surface area (Å²) in [5, 5.41) is 10.4. The predicted molar refractivity (Wildman–Crippen MR) is 111 cm³/mol. The summed E-state index contributed by atoms with van der Waals surface area (Å²) < 4.78 is 7.19. The maximum Gasteiger partial charge on any atom is 0.278 e. The molecule has 2 aromatic carbocycles. The molecule has 0 atom stereocenters. The Morgan fingerprint density at radius 3 is 2.36 bits per heavy atom. The van der Waals surface area contributed by atoms with Crippen LogP contribution in [0, 0.1) is 6.92 Å². The maximum atomic E-state index is 6.47. The normalized spacial score (nSPS) is 11.2. The van der Waals surface area contributed by atoms with Gasteiger partial charge in [-0.05, 0) is 37.3 Å². The van der Waals surface area contributed by atoms with Crippen molar-refractivity contribution in [2.45, 2.75) is 20.3 Å². The van der Waals surface area contributed by atoms with Gasteiger partial charge >= 0.3 is 0 Å². The van der Waals surface area contributed by atoms with Crippen LogP contribution in [0.5, 0.6) is 0 Å². The van der Waals surface area contributed by atoms with Gasteiger partial charge in [-0.3, -0.25) is 0 Å². The van der Waals surface area contributed by atoms with Crippen LogP contribution in [0.3, 0.4) is 0 Å². The first-order valence-electron chi connectivity index (χ1n) is 8.62. The fourth-order valence-electron chi connectivity index (χ4n) is 2.97. The monoisotopic (exact) mass is 432 g/mol. The highest BCUT2D eigenvalue weighted by Gasteiger charge is 2.23. The molecule has 142 valence electrons. The lowest BCUT2D eigenvalue weighted by Crippen LogP contribution is -2.00. The summed E-state index contributed by atoms with van der Waals surface area (Å²) in [6, 6.07) is 12.8. The van der Waals surface area contributed by atoms with Crippen molar-refractivity contribution in [1.29, 1.82) is 0 Å². The molecule has 0 fully saturated rings. The zero-order valence-corrected chi connectivity index (χ0v) is 17.3. The molecule has 0 N–H and O–H groups in total. The lowest BCUT2D eigenvalue weighted by atomic mass is 10.1. The van der Waals surface area contributed by atoms with Crippen LogP contribution >= 0.6 is 34.8 Å². The van der Waals surface area contributed by atoms with Gasteiger partial charge in [0, 0.05) is 27.6 Å². The van der Waals surface area contributed by atoms with Gasteiger partial charge in [0.2, 0.25) is 0 Å². The van der Waals surface area contributed by atoms with Crippen molar-refractivity contribution in [2.24, 2.45) is 0 Å². The Kier molecular flexibility index (Phi) is 5.15. The molecular formula is C20H15Cl3N4O. The minimum Gasteiger partial charge on any atom is -0.332 e. The SMILES string of the molecule is CCc1noc(-c2nn(-c3ccc(Cl)cc3Cl)c(-c3ccc(Cl)cc3)c2C)n1. The Balaban J connectivity index is 1.97. The quantitative estimate of drug-likeness (QED) is 0.372. The zero-order chi connectivity index (χ0) is 19.8. The summed E-state index contributed by atoms with van der Waals surface area (Å²) in [7, 11) is 0. The summed E-state index contributed by atoms with van der Waals surface area (Å²) in [5.41, 5.74) is 3.97. The topological polar surface area (TPSA) is 56.7 Å². The molecule has 5 nitrogen and oxygen atoms in total. The van der Waals surface area contributed by atoms with Gasteiger partial charge in [0.25, 0.3) is 5.89 Å². The van der Waals surface area contributed by atoms with Crippen LogP contribution in [0.2, 0.25) is 15.1 Å². The van der Waals surface area contributed by atoms with E-state index in [0.29, 0.717) is 44.6 Å². The highest BCUT2D eigenvalue weighted by Crippen LogP contribution is 2.36. The number of hydrogen-bond donors (Lipinski definition) is 0. The Labute approximate surface area is 176 Å². The molecule has 0 aliphatic heterocycles. The van der Waals surface area contributed by atoms with Crippen LogP contribution in [-0.2, 0) is 6.42 Å². The fourth-order valence-corrected chi connectivity index (χ4v) is 3.58. The highest BCUT2D eigenvalue weighted by molar-refractivity contribution is 6.35. The second-order valence-electron chi connectivity index (χ2n) is 6.21. The first-order valence-corrected chi connectivity index (χ1v) is 9.75. The van der Waals surface area contributed by atoms with Gasteiger partial charge in [0.15, 0.2) is 11.5 Å². The Hall–Kier alpha value is -2.34. The van der Waals surface area contributed by atoms with E-state index in [0.717, 1.165) is 16.8 Å². The van der Waals surface area contributed by atoms with Gasteiger partial charge in [0.05, 0.1) is 16.4 Å². The number of aromatic nitrogens is 4. The van der Waals surface area contributed by atoms with E-state index in [4.69, 9.17) is 44.4 Å². The standard InChI is InChI=1S/C20H15Cl3N4O/c1-3-17-24-20(28-26-17)18-11(2)19(12-4-6-13(21)7-5-12)27(25-18)16-9-8-14(22)10-15(16)23/h4-10H,3H2,1-2H3. The molecule has 0 radical (unpaired) electrons. The van der Waals surface area contributed by atoms with Crippen molar-refractivity contribution in [2.75, 3.05) is 0 Å². The molecule has 0 bridgehead atoms. The smallest absolute Gasteiger partial charge is 0.278 e. The highest BCUT2D eigenvalue weighted by atomic mass is 35.5. The average Bonchev–Trinajstić information content (AvgIpc) is 3.27. The minimum atomic E-state index is 0.369. The van der Waals surface area contributed by atoms with Crippen molar-refractivity contribution in [3.63, 3.8) is 0 Å². The van der Waals surface area contributed by atoms with Crippen molar-refractivity contribution in [1.82, 2.24) is 19.9 Å². The van der Waals surface area contributed by atoms with Crippen LogP contribution in [-0.4, -0.2) is 19.9 Å². The molecular weight excluding hydrogens is 419 g/mol. The lowest BCUT2D eigenvalue weighted by Gasteiger charge is -2.11. The van der Waals surface area contributed by atoms with Crippen molar-refractivity contribution < 1.29 is 4.52 Å². The second kappa shape index (κ2) is 7.59. The molecule has 0 aliphatic carbocycles. The van der Waals surface area contributed by atoms with Crippen molar-refractivity contribution in [3.05, 3.63) is 68.9 Å². The van der Waals surface area contributed by atoms with Crippen LogP contribution in [0.25, 0.3) is 28.5 Å². The number of halogens is 3. The van der Waals surface area contributed by atoms with E-state index in [2.05, 4.69) is 10.1 Å². The summed E-state index contributed by atoms with van der Waals surface area (Å²) in [6.45, 7) is 3.93. The van der Waals surface area contributed by atoms with E-state index in [1.165, 1.54) is 0 Å². The molecule has 0 spiro atoms.